The summed E-state index contributed by atoms with van der Waals surface area (Å²) in [5.41, 5.74) is 8.38. The van der Waals surface area contributed by atoms with E-state index < -0.39 is 175 Å². The Morgan fingerprint density at radius 1 is 0.638 bits per heavy atom. The molecule has 19 N–H and O–H groups in total. The summed E-state index contributed by atoms with van der Waals surface area (Å²) in [5.74, 6) is -15.6. The zero-order chi connectivity index (χ0) is 77.9. The summed E-state index contributed by atoms with van der Waals surface area (Å²) in [7, 11) is 0. The van der Waals surface area contributed by atoms with Gasteiger partial charge in [0.25, 0.3) is 5.91 Å². The number of ether oxygens (including phenoxy) is 1. The van der Waals surface area contributed by atoms with Crippen LogP contribution in [0.3, 0.4) is 0 Å². The van der Waals surface area contributed by atoms with E-state index in [4.69, 9.17) is 15.7 Å². The van der Waals surface area contributed by atoms with Crippen molar-refractivity contribution in [3.63, 3.8) is 0 Å². The highest BCUT2D eigenvalue weighted by Gasteiger charge is 2.43. The second kappa shape index (κ2) is 40.2. The summed E-state index contributed by atoms with van der Waals surface area (Å²) in [6.07, 6.45) is -3.44. The van der Waals surface area contributed by atoms with E-state index >= 15 is 4.39 Å². The third kappa shape index (κ3) is 25.8. The van der Waals surface area contributed by atoms with Gasteiger partial charge in [0, 0.05) is 19.3 Å². The number of nitrogens with one attached hydrogen (secondary N) is 11. The second-order valence-electron chi connectivity index (χ2n) is 26.1. The number of hydrogen-bond donors (Lipinski definition) is 18. The van der Waals surface area contributed by atoms with Crippen molar-refractivity contribution in [2.45, 2.75) is 180 Å². The Bertz CT molecular complexity index is 3840. The van der Waals surface area contributed by atoms with E-state index in [9.17, 15) is 83.1 Å². The molecule has 570 valence electrons. The van der Waals surface area contributed by atoms with E-state index in [1.165, 1.54) is 23.7 Å². The molecular weight excluding hydrogens is 1370 g/mol. The standard InChI is InChI=1S/C70H94FN15O19/c1-9-43-31-46(105-26-13-12-25-72)23-24-47(43)44-21-19-41(20-22-44)30-50(60(94)74-49(65(99)100)18-14-15-42-28-37(2)27-38(3)29-42)75-61(95)52(33-56(91)92)76-62(96)53(36-87)77-63(97)57(39(4)88)80-68(103)70(8,34-45-16-10-11-17-48(45)71)81-64(98)58(40(5)89)79-55(90)35-73-59(93)51(32-54-82-85-86-83-54)78-66(101)69(6,7)67(102)84-104/h10-11,16-17,19-24,27-29,31,39-40,49-53,57-58,87-89,104H,9,12-15,18,25-26,30,32-36,72H2,1-8H3,(H,73,93)(H,74,94)(H,75,95)(H,76,96)(H,77,97)(H,78,101)(H,79,90)(H,80,103)(H,81,98)(H,84,102)(H,91,92)(H,99,100)(H,82,83,85,86)/t39-,40-,49+,50+,51+,52+,53+,57+,58+,70+/m1/s1. The monoisotopic (exact) mass is 1470 g/mol. The Morgan fingerprint density at radius 3 is 1.84 bits per heavy atom. The largest absolute Gasteiger partial charge is 0.494 e. The maximum atomic E-state index is 15.4. The molecule has 0 spiro atoms. The smallest absolute Gasteiger partial charge is 0.326 e. The Labute approximate surface area is 604 Å². The van der Waals surface area contributed by atoms with Gasteiger partial charge in [0.1, 0.15) is 64.8 Å². The lowest BCUT2D eigenvalue weighted by Crippen LogP contribution is -2.67. The Balaban J connectivity index is 1.36. The number of carbonyl (C=O) groups excluding carboxylic acids is 10. The number of aliphatic hydroxyl groups excluding tert-OH is 3. The normalized spacial score (nSPS) is 14.4. The topological polar surface area (TPSA) is 536 Å². The van der Waals surface area contributed by atoms with Gasteiger partial charge >= 0.3 is 11.9 Å². The van der Waals surface area contributed by atoms with Gasteiger partial charge in [0.2, 0.25) is 53.2 Å². The number of nitrogens with two attached hydrogens (primary N) is 1. The van der Waals surface area contributed by atoms with Crippen LogP contribution in [0.2, 0.25) is 0 Å². The van der Waals surface area contributed by atoms with Gasteiger partial charge < -0.3 is 83.9 Å². The van der Waals surface area contributed by atoms with Crippen molar-refractivity contribution in [2.75, 3.05) is 26.3 Å². The lowest BCUT2D eigenvalue weighted by atomic mass is 9.90. The molecule has 1 heterocycles. The summed E-state index contributed by atoms with van der Waals surface area (Å²) in [6.45, 7) is 9.95. The van der Waals surface area contributed by atoms with Gasteiger partial charge in [-0.15, -0.1) is 10.2 Å². The number of nitrogens with zero attached hydrogens (tertiary/aromatic N) is 3. The maximum absolute atomic E-state index is 15.4. The first-order valence-electron chi connectivity index (χ1n) is 33.8. The minimum absolute atomic E-state index is 0.0495. The van der Waals surface area contributed by atoms with Crippen molar-refractivity contribution >= 4 is 71.0 Å². The zero-order valence-electron chi connectivity index (χ0n) is 59.5. The third-order valence-corrected chi connectivity index (χ3v) is 16.9. The number of benzene rings is 4. The first kappa shape index (κ1) is 84.8. The number of aliphatic hydroxyl groups is 3. The van der Waals surface area contributed by atoms with Crippen LogP contribution in [0, 0.1) is 25.1 Å². The first-order chi connectivity index (χ1) is 49.6. The molecule has 5 aromatic rings. The molecule has 5 rings (SSSR count). The number of halogens is 1. The average molecular weight is 1470 g/mol. The van der Waals surface area contributed by atoms with Crippen molar-refractivity contribution in [3.8, 4) is 16.9 Å². The highest BCUT2D eigenvalue weighted by molar-refractivity contribution is 6.05. The number of unbranched alkanes of at least 4 members (excludes halogenated alkanes) is 1. The molecule has 1 aromatic heterocycles. The zero-order valence-corrected chi connectivity index (χ0v) is 59.5. The van der Waals surface area contributed by atoms with Crippen LogP contribution in [0.4, 0.5) is 4.39 Å². The number of aryl methyl sites for hydroxylation is 4. The quantitative estimate of drug-likeness (QED) is 0.00923. The van der Waals surface area contributed by atoms with Crippen LogP contribution in [-0.4, -0.2) is 209 Å². The van der Waals surface area contributed by atoms with Crippen LogP contribution in [0.15, 0.2) is 84.9 Å². The average Bonchev–Trinajstić information content (AvgIpc) is 1.07. The highest BCUT2D eigenvalue weighted by atomic mass is 19.1. The molecule has 0 aliphatic carbocycles. The fraction of sp³-hybridized carbons (Fsp3) is 0.471. The first-order valence-corrected chi connectivity index (χ1v) is 33.8. The van der Waals surface area contributed by atoms with Gasteiger partial charge in [-0.25, -0.2) is 14.7 Å². The van der Waals surface area contributed by atoms with Crippen molar-refractivity contribution in [1.82, 2.24) is 74.0 Å². The summed E-state index contributed by atoms with van der Waals surface area (Å²) in [4.78, 5) is 163. The van der Waals surface area contributed by atoms with Crippen molar-refractivity contribution in [3.05, 3.63) is 130 Å². The lowest BCUT2D eigenvalue weighted by Gasteiger charge is -2.34. The van der Waals surface area contributed by atoms with Gasteiger partial charge in [-0.05, 0) is 145 Å². The molecule has 0 aliphatic rings. The van der Waals surface area contributed by atoms with E-state index in [0.717, 1.165) is 86.9 Å². The molecule has 34 nitrogen and oxygen atoms in total. The van der Waals surface area contributed by atoms with Crippen molar-refractivity contribution < 1.29 is 97.4 Å². The number of carboxylic acid groups (broad SMARTS) is 2. The minimum atomic E-state index is -2.41. The molecule has 0 saturated heterocycles. The molecule has 105 heavy (non-hydrogen) atoms. The number of H-pyrrole nitrogens is 1. The molecule has 10 atom stereocenters. The van der Waals surface area contributed by atoms with Crippen molar-refractivity contribution in [2.24, 2.45) is 11.1 Å². The predicted molar refractivity (Wildman–Crippen MR) is 373 cm³/mol. The Hall–Kier alpha value is -10.9. The molecule has 0 saturated carbocycles. The number of aromatic amines is 1. The number of hydrogen-bond acceptors (Lipinski definition) is 21. The lowest BCUT2D eigenvalue weighted by molar-refractivity contribution is -0.148. The minimum Gasteiger partial charge on any atom is -0.494 e. The number of amides is 10. The number of rotatable bonds is 42. The fourth-order valence-electron chi connectivity index (χ4n) is 11.0. The number of aromatic nitrogens is 4. The van der Waals surface area contributed by atoms with Gasteiger partial charge in [0.05, 0.1) is 38.4 Å². The van der Waals surface area contributed by atoms with E-state index in [1.807, 2.05) is 57.2 Å². The number of carboxylic acids is 2. The molecule has 35 heteroatoms. The van der Waals surface area contributed by atoms with Crippen LogP contribution < -0.4 is 63.8 Å². The van der Waals surface area contributed by atoms with Gasteiger partial charge in [-0.1, -0.05) is 90.0 Å². The molecular formula is C70H94FN15O19. The van der Waals surface area contributed by atoms with E-state index in [-0.39, 0.29) is 24.2 Å². The summed E-state index contributed by atoms with van der Waals surface area (Å²) in [6, 6.07) is 10.4. The summed E-state index contributed by atoms with van der Waals surface area (Å²) >= 11 is 0. The van der Waals surface area contributed by atoms with E-state index in [2.05, 4.69) is 68.5 Å². The van der Waals surface area contributed by atoms with Gasteiger partial charge in [0.15, 0.2) is 5.82 Å². The SMILES string of the molecule is CCc1cc(OCCCCN)ccc1-c1ccc(C[C@H](NC(=O)[C@H](CC(=O)O)NC(=O)[C@H](CO)NC(=O)[C@@H](NC(=O)[C@](C)(Cc2ccccc2F)NC(=O)[C@@H](NC(=O)CNC(=O)[C@H](Cc2nn[nH]n2)NC(=O)C(C)(C)C(=O)NO)[C@@H](C)O)[C@@H](C)O)C(=O)N[C@@H](CCCc2cc(C)cc(C)c2)C(=O)O)cc1. The highest BCUT2D eigenvalue weighted by Crippen LogP contribution is 2.29. The fourth-order valence-corrected chi connectivity index (χ4v) is 11.0. The molecule has 0 fully saturated rings. The van der Waals surface area contributed by atoms with Crippen LogP contribution in [0.5, 0.6) is 5.75 Å². The maximum Gasteiger partial charge on any atom is 0.326 e. The van der Waals surface area contributed by atoms with Crippen molar-refractivity contribution in [1.29, 1.82) is 0 Å². The summed E-state index contributed by atoms with van der Waals surface area (Å²) < 4.78 is 21.4. The van der Waals surface area contributed by atoms with Crippen LogP contribution in [0.25, 0.3) is 11.1 Å². The molecule has 0 radical (unpaired) electrons. The Kier molecular flexibility index (Phi) is 32.5. The predicted octanol–water partition coefficient (Wildman–Crippen LogP) is -1.42. The van der Waals surface area contributed by atoms with E-state index in [0.29, 0.717) is 43.7 Å². The summed E-state index contributed by atoms with van der Waals surface area (Å²) in [5, 5.41) is 95.5. The van der Waals surface area contributed by atoms with Crippen LogP contribution in [-0.2, 0) is 89.6 Å². The second-order valence-corrected chi connectivity index (χ2v) is 26.1. The molecule has 10 amide bonds. The van der Waals surface area contributed by atoms with Gasteiger partial charge in [-0.2, -0.15) is 5.21 Å². The molecule has 0 aliphatic heterocycles. The van der Waals surface area contributed by atoms with Gasteiger partial charge in [-0.3, -0.25) is 57.9 Å². The number of aliphatic carboxylic acids is 2. The Morgan fingerprint density at radius 2 is 1.25 bits per heavy atom. The van der Waals surface area contributed by atoms with Crippen LogP contribution >= 0.6 is 0 Å². The molecule has 0 unspecified atom stereocenters. The number of tetrazole rings is 1. The number of hydroxylamine groups is 1. The third-order valence-electron chi connectivity index (χ3n) is 16.9. The van der Waals surface area contributed by atoms with E-state index in [1.54, 1.807) is 24.3 Å². The van der Waals surface area contributed by atoms with Crippen LogP contribution in [0.1, 0.15) is 113 Å². The molecule has 0 bridgehead atoms. The number of carbonyl (C=O) groups is 12. The molecule has 4 aromatic carbocycles.